The van der Waals surface area contributed by atoms with Gasteiger partial charge in [-0.1, -0.05) is 30.4 Å². The van der Waals surface area contributed by atoms with Crippen LogP contribution in [0, 0.1) is 0 Å². The highest BCUT2D eigenvalue weighted by molar-refractivity contribution is 5.99. The van der Waals surface area contributed by atoms with Gasteiger partial charge in [0.15, 0.2) is 0 Å². The van der Waals surface area contributed by atoms with Crippen molar-refractivity contribution in [1.29, 1.82) is 0 Å². The summed E-state index contributed by atoms with van der Waals surface area (Å²) in [5, 5.41) is 2.83. The number of rotatable bonds is 4. The number of anilines is 1. The number of benzene rings is 2. The summed E-state index contributed by atoms with van der Waals surface area (Å²) in [5.41, 5.74) is 3.77. The molecule has 0 saturated carbocycles. The minimum Gasteiger partial charge on any atom is -0.323 e. The van der Waals surface area contributed by atoms with Gasteiger partial charge in [0.2, 0.25) is 5.91 Å². The minimum absolute atomic E-state index is 0.149. The molecule has 4 heteroatoms. The number of allylic oxidation sites excluding steroid dienone is 3. The zero-order valence-corrected chi connectivity index (χ0v) is 12.8. The first-order valence-corrected chi connectivity index (χ1v) is 7.41. The summed E-state index contributed by atoms with van der Waals surface area (Å²) < 4.78 is 2.02. The fraction of sp³-hybridized carbons (Fsp3) is 0.0526. The maximum atomic E-state index is 11.7. The van der Waals surface area contributed by atoms with Crippen molar-refractivity contribution < 1.29 is 4.79 Å². The molecule has 3 rings (SSSR count). The molecular formula is C19H17N3O. The normalized spacial score (nSPS) is 11.5. The molecule has 0 unspecified atom stereocenters. The van der Waals surface area contributed by atoms with E-state index < -0.39 is 0 Å². The Morgan fingerprint density at radius 2 is 1.87 bits per heavy atom. The van der Waals surface area contributed by atoms with Gasteiger partial charge in [-0.25, -0.2) is 4.98 Å². The third-order valence-corrected chi connectivity index (χ3v) is 3.42. The number of para-hydroxylation sites is 2. The van der Waals surface area contributed by atoms with Crippen LogP contribution in [0.4, 0.5) is 5.69 Å². The molecule has 1 amide bonds. The van der Waals surface area contributed by atoms with E-state index in [0.29, 0.717) is 0 Å². The van der Waals surface area contributed by atoms with E-state index in [0.717, 1.165) is 22.4 Å². The Kier molecular flexibility index (Phi) is 4.34. The Labute approximate surface area is 134 Å². The smallest absolute Gasteiger partial charge is 0.248 e. The van der Waals surface area contributed by atoms with Gasteiger partial charge in [0.05, 0.1) is 11.0 Å². The third kappa shape index (κ3) is 3.37. The highest BCUT2D eigenvalue weighted by atomic mass is 16.1. The van der Waals surface area contributed by atoms with Crippen molar-refractivity contribution in [2.24, 2.45) is 0 Å². The average molecular weight is 303 g/mol. The Balaban J connectivity index is 1.78. The number of nitrogens with zero attached hydrogens (tertiary/aromatic N) is 2. The van der Waals surface area contributed by atoms with Crippen molar-refractivity contribution in [3.05, 3.63) is 79.2 Å². The topological polar surface area (TPSA) is 46.9 Å². The Hall–Kier alpha value is -3.14. The first-order chi connectivity index (χ1) is 11.3. The molecule has 23 heavy (non-hydrogen) atoms. The van der Waals surface area contributed by atoms with Crippen LogP contribution >= 0.6 is 0 Å². The largest absolute Gasteiger partial charge is 0.323 e. The van der Waals surface area contributed by atoms with E-state index in [1.54, 1.807) is 12.4 Å². The zero-order chi connectivity index (χ0) is 16.1. The van der Waals surface area contributed by atoms with E-state index in [9.17, 15) is 4.79 Å². The van der Waals surface area contributed by atoms with Crippen LogP contribution in [0.25, 0.3) is 16.7 Å². The van der Waals surface area contributed by atoms with Crippen LogP contribution in [0.3, 0.4) is 0 Å². The van der Waals surface area contributed by atoms with Crippen LogP contribution < -0.4 is 5.32 Å². The first kappa shape index (κ1) is 14.8. The van der Waals surface area contributed by atoms with Crippen molar-refractivity contribution in [3.63, 3.8) is 0 Å². The van der Waals surface area contributed by atoms with Gasteiger partial charge in [0.1, 0.15) is 6.33 Å². The molecule has 1 heterocycles. The average Bonchev–Trinajstić information content (AvgIpc) is 3.00. The number of carbonyl (C=O) groups is 1. The molecule has 0 saturated heterocycles. The van der Waals surface area contributed by atoms with Crippen molar-refractivity contribution in [2.75, 3.05) is 5.32 Å². The Morgan fingerprint density at radius 3 is 2.65 bits per heavy atom. The Bertz CT molecular complexity index is 873. The molecular weight excluding hydrogens is 286 g/mol. The fourth-order valence-electron chi connectivity index (χ4n) is 2.31. The predicted molar refractivity (Wildman–Crippen MR) is 93.7 cm³/mol. The maximum absolute atomic E-state index is 11.7. The summed E-state index contributed by atoms with van der Waals surface area (Å²) in [5.74, 6) is -0.149. The highest BCUT2D eigenvalue weighted by Crippen LogP contribution is 2.19. The lowest BCUT2D eigenvalue weighted by molar-refractivity contribution is -0.111. The van der Waals surface area contributed by atoms with Crippen molar-refractivity contribution in [3.8, 4) is 5.69 Å². The molecule has 3 aromatic rings. The number of nitrogens with one attached hydrogen (secondary N) is 1. The van der Waals surface area contributed by atoms with Crippen LogP contribution in [0.1, 0.15) is 6.92 Å². The van der Waals surface area contributed by atoms with Crippen molar-refractivity contribution in [2.45, 2.75) is 6.92 Å². The molecule has 0 aliphatic carbocycles. The zero-order valence-electron chi connectivity index (χ0n) is 12.8. The number of imidazole rings is 1. The van der Waals surface area contributed by atoms with E-state index in [2.05, 4.69) is 10.3 Å². The monoisotopic (exact) mass is 303 g/mol. The quantitative estimate of drug-likeness (QED) is 0.583. The molecule has 0 atom stereocenters. The van der Waals surface area contributed by atoms with Gasteiger partial charge in [0.25, 0.3) is 0 Å². The van der Waals surface area contributed by atoms with E-state index in [1.165, 1.54) is 6.08 Å². The number of hydrogen-bond donors (Lipinski definition) is 1. The number of aromatic nitrogens is 2. The van der Waals surface area contributed by atoms with Crippen molar-refractivity contribution >= 4 is 22.6 Å². The maximum Gasteiger partial charge on any atom is 0.248 e. The first-order valence-electron chi connectivity index (χ1n) is 7.41. The van der Waals surface area contributed by atoms with Crippen LogP contribution in [0.15, 0.2) is 79.2 Å². The molecule has 114 valence electrons. The van der Waals surface area contributed by atoms with Gasteiger partial charge in [-0.3, -0.25) is 9.36 Å². The van der Waals surface area contributed by atoms with Gasteiger partial charge in [-0.15, -0.1) is 0 Å². The molecule has 1 N–H and O–H groups in total. The van der Waals surface area contributed by atoms with Gasteiger partial charge < -0.3 is 5.32 Å². The third-order valence-electron chi connectivity index (χ3n) is 3.42. The van der Waals surface area contributed by atoms with E-state index in [4.69, 9.17) is 0 Å². The SMILES string of the molecule is C/C=C/C=CC(=O)Nc1ccc(-n2cnc3ccccc32)cc1. The van der Waals surface area contributed by atoms with Crippen LogP contribution in [0.5, 0.6) is 0 Å². The Morgan fingerprint density at radius 1 is 1.09 bits per heavy atom. The fourth-order valence-corrected chi connectivity index (χ4v) is 2.31. The lowest BCUT2D eigenvalue weighted by atomic mass is 10.2. The molecule has 0 fully saturated rings. The second-order valence-corrected chi connectivity index (χ2v) is 5.02. The standard InChI is InChI=1S/C19H17N3O/c1-2-3-4-9-19(23)21-15-10-12-16(13-11-15)22-14-20-17-7-5-6-8-18(17)22/h2-14H,1H3,(H,21,23)/b3-2+,9-4?. The lowest BCUT2D eigenvalue weighted by Crippen LogP contribution is -2.07. The predicted octanol–water partition coefficient (Wildman–Crippen LogP) is 4.10. The van der Waals surface area contributed by atoms with Crippen LogP contribution in [-0.4, -0.2) is 15.5 Å². The molecule has 0 spiro atoms. The molecule has 0 radical (unpaired) electrons. The summed E-state index contributed by atoms with van der Waals surface area (Å²) >= 11 is 0. The summed E-state index contributed by atoms with van der Waals surface area (Å²) in [6.45, 7) is 1.90. The number of carbonyl (C=O) groups excluding carboxylic acids is 1. The van der Waals surface area contributed by atoms with Gasteiger partial charge in [-0.05, 0) is 43.3 Å². The van der Waals surface area contributed by atoms with E-state index in [1.807, 2.05) is 72.2 Å². The van der Waals surface area contributed by atoms with Crippen LogP contribution in [0.2, 0.25) is 0 Å². The number of amides is 1. The molecule has 1 aromatic heterocycles. The van der Waals surface area contributed by atoms with E-state index >= 15 is 0 Å². The number of hydrogen-bond acceptors (Lipinski definition) is 2. The molecule has 0 aliphatic rings. The molecule has 0 aliphatic heterocycles. The van der Waals surface area contributed by atoms with E-state index in [-0.39, 0.29) is 5.91 Å². The summed E-state index contributed by atoms with van der Waals surface area (Å²) in [4.78, 5) is 16.1. The lowest BCUT2D eigenvalue weighted by Gasteiger charge is -2.06. The summed E-state index contributed by atoms with van der Waals surface area (Å²) in [6, 6.07) is 15.7. The second-order valence-electron chi connectivity index (χ2n) is 5.02. The second kappa shape index (κ2) is 6.75. The minimum atomic E-state index is -0.149. The van der Waals surface area contributed by atoms with Gasteiger partial charge in [-0.2, -0.15) is 0 Å². The van der Waals surface area contributed by atoms with Gasteiger partial charge >= 0.3 is 0 Å². The molecule has 4 nitrogen and oxygen atoms in total. The summed E-state index contributed by atoms with van der Waals surface area (Å²) in [7, 11) is 0. The number of fused-ring (bicyclic) bond motifs is 1. The van der Waals surface area contributed by atoms with Crippen LogP contribution in [-0.2, 0) is 4.79 Å². The summed E-state index contributed by atoms with van der Waals surface area (Å²) in [6.07, 6.45) is 8.69. The van der Waals surface area contributed by atoms with Crippen molar-refractivity contribution in [1.82, 2.24) is 9.55 Å². The molecule has 2 aromatic carbocycles. The molecule has 0 bridgehead atoms. The highest BCUT2D eigenvalue weighted by Gasteiger charge is 2.04. The van der Waals surface area contributed by atoms with Gasteiger partial charge in [0, 0.05) is 17.5 Å².